The van der Waals surface area contributed by atoms with Gasteiger partial charge in [-0.3, -0.25) is 0 Å². The molecular formula is C19H6F10O4. The number of hydrogen-bond donors (Lipinski definition) is 0. The lowest BCUT2D eigenvalue weighted by Gasteiger charge is -2.15. The van der Waals surface area contributed by atoms with Gasteiger partial charge in [-0.15, -0.1) is 0 Å². The van der Waals surface area contributed by atoms with Crippen LogP contribution in [0.2, 0.25) is 0 Å². The van der Waals surface area contributed by atoms with Gasteiger partial charge in [0.25, 0.3) is 0 Å². The Morgan fingerprint density at radius 2 is 1.03 bits per heavy atom. The fraction of sp³-hybridized carbons (Fsp3) is 0.0526. The highest BCUT2D eigenvalue weighted by Crippen LogP contribution is 2.33. The van der Waals surface area contributed by atoms with Crippen LogP contribution in [0.25, 0.3) is 5.76 Å². The molecule has 0 radical (unpaired) electrons. The van der Waals surface area contributed by atoms with E-state index in [1.807, 2.05) is 0 Å². The Balaban J connectivity index is 2.75. The van der Waals surface area contributed by atoms with E-state index < -0.39 is 92.8 Å². The van der Waals surface area contributed by atoms with E-state index >= 15 is 0 Å². The van der Waals surface area contributed by atoms with Gasteiger partial charge in [-0.1, -0.05) is 6.58 Å². The number of esters is 2. The van der Waals surface area contributed by atoms with Crippen molar-refractivity contribution in [3.05, 3.63) is 82.0 Å². The predicted octanol–water partition coefficient (Wildman–Crippen LogP) is 5.14. The molecule has 0 saturated heterocycles. The number of carbonyl (C=O) groups is 2. The molecule has 2 aromatic carbocycles. The largest absolute Gasteiger partial charge is 0.422 e. The molecule has 14 heteroatoms. The summed E-state index contributed by atoms with van der Waals surface area (Å²) < 4.78 is 144. The molecule has 0 aliphatic carbocycles. The summed E-state index contributed by atoms with van der Waals surface area (Å²) in [6.45, 7) is 3.35. The maximum absolute atomic E-state index is 14.2. The zero-order valence-electron chi connectivity index (χ0n) is 15.7. The summed E-state index contributed by atoms with van der Waals surface area (Å²) in [7, 11) is 0. The minimum Gasteiger partial charge on any atom is -0.422 e. The minimum absolute atomic E-state index is 0.328. The van der Waals surface area contributed by atoms with Crippen LogP contribution in [0.3, 0.4) is 0 Å². The molecule has 2 rings (SSSR count). The van der Waals surface area contributed by atoms with Crippen LogP contribution in [0.4, 0.5) is 43.9 Å². The van der Waals surface area contributed by atoms with Crippen molar-refractivity contribution in [2.75, 3.05) is 0 Å². The number of benzene rings is 2. The summed E-state index contributed by atoms with van der Waals surface area (Å²) >= 11 is 0. The van der Waals surface area contributed by atoms with E-state index in [1.54, 1.807) is 0 Å². The molecule has 0 N–H and O–H groups in total. The van der Waals surface area contributed by atoms with Gasteiger partial charge < -0.3 is 9.47 Å². The fourth-order valence-corrected chi connectivity index (χ4v) is 2.20. The zero-order chi connectivity index (χ0) is 25.4. The lowest BCUT2D eigenvalue weighted by Crippen LogP contribution is -2.18. The van der Waals surface area contributed by atoms with Crippen molar-refractivity contribution >= 4 is 17.7 Å². The van der Waals surface area contributed by atoms with Crippen molar-refractivity contribution < 1.29 is 63.0 Å². The van der Waals surface area contributed by atoms with Gasteiger partial charge in [0, 0.05) is 6.08 Å². The molecule has 0 fully saturated rings. The Bertz CT molecular complexity index is 1180. The second-order valence-corrected chi connectivity index (χ2v) is 5.81. The van der Waals surface area contributed by atoms with Crippen molar-refractivity contribution in [2.24, 2.45) is 0 Å². The van der Waals surface area contributed by atoms with Crippen molar-refractivity contribution in [1.29, 1.82) is 0 Å². The fourth-order valence-electron chi connectivity index (χ4n) is 2.20. The van der Waals surface area contributed by atoms with Crippen LogP contribution in [0, 0.1) is 58.2 Å². The van der Waals surface area contributed by atoms with Crippen molar-refractivity contribution in [3.8, 4) is 5.75 Å². The average molecular weight is 488 g/mol. The summed E-state index contributed by atoms with van der Waals surface area (Å²) in [6.07, 6.45) is 0.328. The minimum atomic E-state index is -2.62. The highest BCUT2D eigenvalue weighted by molar-refractivity contribution is 5.99. The first-order chi connectivity index (χ1) is 15.3. The molecule has 176 valence electrons. The number of hydrogen-bond acceptors (Lipinski definition) is 4. The molecule has 33 heavy (non-hydrogen) atoms. The highest BCUT2D eigenvalue weighted by atomic mass is 19.2. The quantitative estimate of drug-likeness (QED) is 0.111. The lowest BCUT2D eigenvalue weighted by atomic mass is 10.1. The molecule has 4 nitrogen and oxygen atoms in total. The van der Waals surface area contributed by atoms with Crippen LogP contribution in [0.1, 0.15) is 12.5 Å². The van der Waals surface area contributed by atoms with Gasteiger partial charge in [-0.25, -0.2) is 44.7 Å². The molecule has 0 spiro atoms. The van der Waals surface area contributed by atoms with Gasteiger partial charge >= 0.3 is 11.9 Å². The maximum Gasteiger partial charge on any atom is 0.343 e. The van der Waals surface area contributed by atoms with Gasteiger partial charge in [0.15, 0.2) is 29.0 Å². The lowest BCUT2D eigenvalue weighted by molar-refractivity contribution is -0.131. The molecule has 0 saturated carbocycles. The van der Waals surface area contributed by atoms with Crippen LogP contribution in [0.5, 0.6) is 5.75 Å². The zero-order valence-corrected chi connectivity index (χ0v) is 15.7. The second-order valence-electron chi connectivity index (χ2n) is 5.81. The van der Waals surface area contributed by atoms with E-state index in [-0.39, 0.29) is 0 Å². The Kier molecular flexibility index (Phi) is 7.19. The molecule has 0 atom stereocenters. The number of carbonyl (C=O) groups excluding carboxylic acids is 2. The maximum atomic E-state index is 14.2. The predicted molar refractivity (Wildman–Crippen MR) is 87.0 cm³/mol. The molecule has 0 unspecified atom stereocenters. The van der Waals surface area contributed by atoms with Crippen LogP contribution >= 0.6 is 0 Å². The third-order valence-electron chi connectivity index (χ3n) is 3.82. The summed E-state index contributed by atoms with van der Waals surface area (Å²) in [5.74, 6) is -33.4. The van der Waals surface area contributed by atoms with E-state index in [1.165, 1.54) is 0 Å². The van der Waals surface area contributed by atoms with Crippen LogP contribution in [-0.2, 0) is 14.3 Å². The number of rotatable bonds is 5. The SMILES string of the molecule is C=CC(=O)OC(=C(C)C(=O)Oc1c(F)c(F)c(F)c(F)c1F)c1c(F)c(F)c(F)c(F)c1F. The highest BCUT2D eigenvalue weighted by Gasteiger charge is 2.34. The van der Waals surface area contributed by atoms with E-state index in [2.05, 4.69) is 16.1 Å². The van der Waals surface area contributed by atoms with Crippen molar-refractivity contribution in [1.82, 2.24) is 0 Å². The average Bonchev–Trinajstić information content (AvgIpc) is 2.80. The Morgan fingerprint density at radius 3 is 1.42 bits per heavy atom. The third kappa shape index (κ3) is 4.40. The molecule has 0 amide bonds. The van der Waals surface area contributed by atoms with Crippen LogP contribution in [-0.4, -0.2) is 11.9 Å². The standard InChI is InChI=1S/C19H6F10O4/c1-3-5(30)32-17(6-7(20)9(22)11(24)10(23)8(6)21)4(2)19(31)33-18-15(28)13(26)12(25)14(27)16(18)29/h3H,1H2,2H3. The van der Waals surface area contributed by atoms with E-state index in [0.29, 0.717) is 13.0 Å². The van der Waals surface area contributed by atoms with Gasteiger partial charge in [0.1, 0.15) is 0 Å². The molecule has 0 bridgehead atoms. The van der Waals surface area contributed by atoms with Gasteiger partial charge in [0.2, 0.25) is 40.7 Å². The third-order valence-corrected chi connectivity index (χ3v) is 3.82. The van der Waals surface area contributed by atoms with E-state index in [0.717, 1.165) is 0 Å². The molecule has 0 heterocycles. The van der Waals surface area contributed by atoms with Crippen LogP contribution < -0.4 is 4.74 Å². The molecule has 2 aromatic rings. The van der Waals surface area contributed by atoms with Crippen molar-refractivity contribution in [3.63, 3.8) is 0 Å². The van der Waals surface area contributed by atoms with Crippen molar-refractivity contribution in [2.45, 2.75) is 6.92 Å². The molecule has 0 aliphatic rings. The van der Waals surface area contributed by atoms with Gasteiger partial charge in [-0.2, -0.15) is 8.78 Å². The molecule has 0 aliphatic heterocycles. The van der Waals surface area contributed by atoms with E-state index in [4.69, 9.17) is 0 Å². The summed E-state index contributed by atoms with van der Waals surface area (Å²) in [4.78, 5) is 23.7. The topological polar surface area (TPSA) is 52.6 Å². The Labute approximate surface area is 176 Å². The first kappa shape index (κ1) is 25.4. The molecular weight excluding hydrogens is 482 g/mol. The van der Waals surface area contributed by atoms with Gasteiger partial charge in [0.05, 0.1) is 11.1 Å². The normalized spacial score (nSPS) is 11.7. The first-order valence-electron chi connectivity index (χ1n) is 8.06. The monoisotopic (exact) mass is 488 g/mol. The summed E-state index contributed by atoms with van der Waals surface area (Å²) in [5.41, 5.74) is -3.36. The number of halogens is 10. The van der Waals surface area contributed by atoms with Gasteiger partial charge in [-0.05, 0) is 6.92 Å². The Hall–Kier alpha value is -3.84. The first-order valence-corrected chi connectivity index (χ1v) is 8.06. The summed E-state index contributed by atoms with van der Waals surface area (Å²) in [5, 5.41) is 0. The summed E-state index contributed by atoms with van der Waals surface area (Å²) in [6, 6.07) is 0. The molecule has 0 aromatic heterocycles. The smallest absolute Gasteiger partial charge is 0.343 e. The van der Waals surface area contributed by atoms with Crippen LogP contribution in [0.15, 0.2) is 18.2 Å². The Morgan fingerprint density at radius 1 is 0.667 bits per heavy atom. The second kappa shape index (κ2) is 9.34. The number of ether oxygens (including phenoxy) is 2. The van der Waals surface area contributed by atoms with E-state index in [9.17, 15) is 53.5 Å².